The molecule has 21 heavy (non-hydrogen) atoms. The first kappa shape index (κ1) is 17.4. The fraction of sp³-hybridized carbons (Fsp3) is 0.600. The van der Waals surface area contributed by atoms with E-state index < -0.39 is 0 Å². The topological polar surface area (TPSA) is 80.5 Å². The molecule has 0 aliphatic carbocycles. The minimum absolute atomic E-state index is 0.0113. The summed E-state index contributed by atoms with van der Waals surface area (Å²) in [6, 6.07) is 3.67. The number of carbonyl (C=O) groups excluding carboxylic acids is 1. The lowest BCUT2D eigenvalue weighted by atomic mass is 10.1. The molecular formula is C15H26N4O2. The van der Waals surface area contributed by atoms with Crippen LogP contribution in [0.4, 0.5) is 5.82 Å². The number of nitrogens with one attached hydrogen (secondary N) is 1. The lowest BCUT2D eigenvalue weighted by Gasteiger charge is -2.30. The summed E-state index contributed by atoms with van der Waals surface area (Å²) in [4.78, 5) is 18.9. The molecule has 0 fully saturated rings. The van der Waals surface area contributed by atoms with Gasteiger partial charge >= 0.3 is 0 Å². The van der Waals surface area contributed by atoms with Gasteiger partial charge in [-0.25, -0.2) is 10.8 Å². The second-order valence-electron chi connectivity index (χ2n) is 4.99. The number of methoxy groups -OCH3 is 1. The quantitative estimate of drug-likeness (QED) is 0.566. The van der Waals surface area contributed by atoms with E-state index in [4.69, 9.17) is 10.6 Å². The van der Waals surface area contributed by atoms with Crippen molar-refractivity contribution < 1.29 is 9.53 Å². The summed E-state index contributed by atoms with van der Waals surface area (Å²) < 4.78 is 5.13. The van der Waals surface area contributed by atoms with E-state index in [9.17, 15) is 4.79 Å². The Hall–Kier alpha value is -1.66. The molecule has 3 N–H and O–H groups in total. The van der Waals surface area contributed by atoms with Gasteiger partial charge in [-0.15, -0.1) is 0 Å². The molecule has 1 amide bonds. The predicted octanol–water partition coefficient (Wildman–Crippen LogP) is 1.95. The van der Waals surface area contributed by atoms with E-state index in [-0.39, 0.29) is 11.9 Å². The second kappa shape index (κ2) is 8.59. The smallest absolute Gasteiger partial charge is 0.254 e. The van der Waals surface area contributed by atoms with Crippen LogP contribution in [0.2, 0.25) is 0 Å². The molecule has 1 aromatic heterocycles. The van der Waals surface area contributed by atoms with Crippen molar-refractivity contribution in [2.24, 2.45) is 5.84 Å². The molecule has 0 aliphatic rings. The molecule has 0 saturated heterocycles. The first-order valence-corrected chi connectivity index (χ1v) is 7.32. The number of nitrogens with zero attached hydrogens (tertiary/aromatic N) is 2. The highest BCUT2D eigenvalue weighted by Gasteiger charge is 2.22. The maximum atomic E-state index is 12.8. The number of hydrogen-bond donors (Lipinski definition) is 2. The first-order chi connectivity index (χ1) is 10.1. The predicted molar refractivity (Wildman–Crippen MR) is 84.1 cm³/mol. The Bertz CT molecular complexity index is 461. The SMILES string of the molecule is CCC(CC)N(CCOC)C(=O)c1cc(C)nc(NN)c1. The van der Waals surface area contributed by atoms with Crippen molar-refractivity contribution in [3.8, 4) is 0 Å². The van der Waals surface area contributed by atoms with Crippen LogP contribution < -0.4 is 11.3 Å². The number of aryl methyl sites for hydroxylation is 1. The number of rotatable bonds is 8. The van der Waals surface area contributed by atoms with Crippen molar-refractivity contribution in [2.45, 2.75) is 39.7 Å². The maximum absolute atomic E-state index is 12.8. The molecule has 1 heterocycles. The number of amides is 1. The highest BCUT2D eigenvalue weighted by molar-refractivity contribution is 5.95. The molecule has 6 heteroatoms. The van der Waals surface area contributed by atoms with Gasteiger partial charge in [-0.1, -0.05) is 13.8 Å². The number of nitrogens with two attached hydrogens (primary N) is 1. The second-order valence-corrected chi connectivity index (χ2v) is 4.99. The van der Waals surface area contributed by atoms with Crippen molar-refractivity contribution >= 4 is 11.7 Å². The molecule has 0 atom stereocenters. The fourth-order valence-corrected chi connectivity index (χ4v) is 2.40. The molecule has 1 rings (SSSR count). The highest BCUT2D eigenvalue weighted by atomic mass is 16.5. The van der Waals surface area contributed by atoms with Crippen molar-refractivity contribution in [1.82, 2.24) is 9.88 Å². The lowest BCUT2D eigenvalue weighted by Crippen LogP contribution is -2.41. The molecule has 0 aromatic carbocycles. The van der Waals surface area contributed by atoms with Crippen LogP contribution in [0, 0.1) is 6.92 Å². The Morgan fingerprint density at radius 2 is 2.10 bits per heavy atom. The molecule has 0 saturated carbocycles. The zero-order chi connectivity index (χ0) is 15.8. The van der Waals surface area contributed by atoms with Crippen LogP contribution in [-0.4, -0.2) is 42.1 Å². The number of hydrazine groups is 1. The van der Waals surface area contributed by atoms with Crippen molar-refractivity contribution in [3.05, 3.63) is 23.4 Å². The van der Waals surface area contributed by atoms with Crippen molar-refractivity contribution in [2.75, 3.05) is 25.7 Å². The van der Waals surface area contributed by atoms with Crippen LogP contribution >= 0.6 is 0 Å². The van der Waals surface area contributed by atoms with E-state index in [1.165, 1.54) is 0 Å². The maximum Gasteiger partial charge on any atom is 0.254 e. The van der Waals surface area contributed by atoms with Crippen LogP contribution in [0.3, 0.4) is 0 Å². The number of hydrogen-bond acceptors (Lipinski definition) is 5. The largest absolute Gasteiger partial charge is 0.383 e. The fourth-order valence-electron chi connectivity index (χ4n) is 2.40. The van der Waals surface area contributed by atoms with Crippen molar-refractivity contribution in [1.29, 1.82) is 0 Å². The molecule has 0 radical (unpaired) electrons. The van der Waals surface area contributed by atoms with E-state index >= 15 is 0 Å². The van der Waals surface area contributed by atoms with E-state index in [0.29, 0.717) is 24.5 Å². The van der Waals surface area contributed by atoms with Gasteiger partial charge in [0.2, 0.25) is 0 Å². The van der Waals surface area contributed by atoms with Crippen LogP contribution in [-0.2, 0) is 4.74 Å². The number of ether oxygens (including phenoxy) is 1. The van der Waals surface area contributed by atoms with Gasteiger partial charge in [0, 0.05) is 31.0 Å². The summed E-state index contributed by atoms with van der Waals surface area (Å²) in [5.41, 5.74) is 3.85. The number of pyridine rings is 1. The molecule has 0 unspecified atom stereocenters. The first-order valence-electron chi connectivity index (χ1n) is 7.32. The molecule has 6 nitrogen and oxygen atoms in total. The minimum atomic E-state index is -0.0113. The average molecular weight is 294 g/mol. The monoisotopic (exact) mass is 294 g/mol. The van der Waals surface area contributed by atoms with E-state index in [2.05, 4.69) is 24.3 Å². The third kappa shape index (κ3) is 4.68. The van der Waals surface area contributed by atoms with Gasteiger partial charge < -0.3 is 15.1 Å². The molecule has 118 valence electrons. The van der Waals surface area contributed by atoms with E-state index in [1.54, 1.807) is 19.2 Å². The normalized spacial score (nSPS) is 10.8. The van der Waals surface area contributed by atoms with Crippen LogP contribution in [0.25, 0.3) is 0 Å². The molecular weight excluding hydrogens is 268 g/mol. The van der Waals surface area contributed by atoms with Gasteiger partial charge in [0.05, 0.1) is 6.61 Å². The summed E-state index contributed by atoms with van der Waals surface area (Å²) in [6.07, 6.45) is 1.83. The van der Waals surface area contributed by atoms with Gasteiger partial charge in [0.1, 0.15) is 5.82 Å². The number of nitrogen functional groups attached to an aromatic ring is 1. The standard InChI is InChI=1S/C15H26N4O2/c1-5-13(6-2)19(7-8-21-4)15(20)12-9-11(3)17-14(10-12)18-16/h9-10,13H,5-8,16H2,1-4H3,(H,17,18). The third-order valence-electron chi connectivity index (χ3n) is 3.53. The Kier molecular flexibility index (Phi) is 7.11. The van der Waals surface area contributed by atoms with Gasteiger partial charge in [-0.05, 0) is 31.9 Å². The van der Waals surface area contributed by atoms with Gasteiger partial charge in [0.25, 0.3) is 5.91 Å². The van der Waals surface area contributed by atoms with Gasteiger partial charge in [-0.2, -0.15) is 0 Å². The number of anilines is 1. The Morgan fingerprint density at radius 3 is 2.62 bits per heavy atom. The molecule has 1 aromatic rings. The summed E-state index contributed by atoms with van der Waals surface area (Å²) in [7, 11) is 1.64. The molecule has 0 spiro atoms. The summed E-state index contributed by atoms with van der Waals surface area (Å²) >= 11 is 0. The van der Waals surface area contributed by atoms with Gasteiger partial charge in [-0.3, -0.25) is 4.79 Å². The Balaban J connectivity index is 3.06. The number of aromatic nitrogens is 1. The Morgan fingerprint density at radius 1 is 1.43 bits per heavy atom. The van der Waals surface area contributed by atoms with Crippen LogP contribution in [0.5, 0.6) is 0 Å². The number of carbonyl (C=O) groups is 1. The summed E-state index contributed by atoms with van der Waals surface area (Å²) in [5, 5.41) is 0. The van der Waals surface area contributed by atoms with Crippen LogP contribution in [0.1, 0.15) is 42.7 Å². The lowest BCUT2D eigenvalue weighted by molar-refractivity contribution is 0.0589. The third-order valence-corrected chi connectivity index (χ3v) is 3.53. The average Bonchev–Trinajstić information content (AvgIpc) is 2.50. The van der Waals surface area contributed by atoms with Crippen LogP contribution in [0.15, 0.2) is 12.1 Å². The zero-order valence-electron chi connectivity index (χ0n) is 13.3. The van der Waals surface area contributed by atoms with Gasteiger partial charge in [0.15, 0.2) is 0 Å². The van der Waals surface area contributed by atoms with Crippen molar-refractivity contribution in [3.63, 3.8) is 0 Å². The van der Waals surface area contributed by atoms with E-state index in [0.717, 1.165) is 18.5 Å². The van der Waals surface area contributed by atoms with E-state index in [1.807, 2.05) is 11.8 Å². The molecule has 0 aliphatic heterocycles. The Labute approximate surface area is 126 Å². The highest BCUT2D eigenvalue weighted by Crippen LogP contribution is 2.16. The summed E-state index contributed by atoms with van der Waals surface area (Å²) in [6.45, 7) is 7.12. The zero-order valence-corrected chi connectivity index (χ0v) is 13.3. The molecule has 0 bridgehead atoms. The minimum Gasteiger partial charge on any atom is -0.383 e. The summed E-state index contributed by atoms with van der Waals surface area (Å²) in [5.74, 6) is 5.88.